The number of fused-ring (bicyclic) bond motifs is 1. The first-order valence-corrected chi connectivity index (χ1v) is 10.5. The summed E-state index contributed by atoms with van der Waals surface area (Å²) in [6.07, 6.45) is 1.40. The van der Waals surface area contributed by atoms with Crippen molar-refractivity contribution in [1.82, 2.24) is 4.90 Å². The average molecular weight is 435 g/mol. The summed E-state index contributed by atoms with van der Waals surface area (Å²) in [4.78, 5) is 28.1. The van der Waals surface area contributed by atoms with E-state index in [-0.39, 0.29) is 11.9 Å². The molecular weight excluding hydrogens is 412 g/mol. The number of nitrogens with zero attached hydrogens (tertiary/aromatic N) is 1. The van der Waals surface area contributed by atoms with E-state index in [1.807, 2.05) is 48.5 Å². The Morgan fingerprint density at radius 2 is 1.71 bits per heavy atom. The molecule has 0 aromatic heterocycles. The normalized spacial score (nSPS) is 15.7. The molecule has 0 radical (unpaired) electrons. The van der Waals surface area contributed by atoms with Crippen molar-refractivity contribution in [1.29, 1.82) is 0 Å². The van der Waals surface area contributed by atoms with Crippen LogP contribution >= 0.6 is 11.6 Å². The van der Waals surface area contributed by atoms with Gasteiger partial charge in [0.1, 0.15) is 11.8 Å². The molecule has 1 unspecified atom stereocenters. The van der Waals surface area contributed by atoms with Crippen molar-refractivity contribution in [2.24, 2.45) is 5.73 Å². The van der Waals surface area contributed by atoms with Gasteiger partial charge in [-0.2, -0.15) is 0 Å². The van der Waals surface area contributed by atoms with E-state index in [9.17, 15) is 9.59 Å². The zero-order chi connectivity index (χ0) is 22.0. The van der Waals surface area contributed by atoms with Gasteiger partial charge >= 0.3 is 0 Å². The van der Waals surface area contributed by atoms with Crippen molar-refractivity contribution in [2.45, 2.75) is 24.9 Å². The van der Waals surface area contributed by atoms with Crippen LogP contribution in [0.4, 0.5) is 0 Å². The summed E-state index contributed by atoms with van der Waals surface area (Å²) in [6.45, 7) is 0. The number of amides is 2. The highest BCUT2D eigenvalue weighted by Gasteiger charge is 2.39. The van der Waals surface area contributed by atoms with E-state index in [0.29, 0.717) is 28.3 Å². The molecule has 0 saturated carbocycles. The molecule has 1 aliphatic carbocycles. The largest absolute Gasteiger partial charge is 0.495 e. The van der Waals surface area contributed by atoms with E-state index in [1.165, 1.54) is 0 Å². The number of halogens is 1. The first-order valence-electron chi connectivity index (χ1n) is 10.1. The number of nitrogens with two attached hydrogens (primary N) is 1. The fourth-order valence-corrected chi connectivity index (χ4v) is 4.56. The van der Waals surface area contributed by atoms with Crippen LogP contribution in [0.15, 0.2) is 72.8 Å². The molecule has 1 aliphatic rings. The molecule has 0 heterocycles. The van der Waals surface area contributed by atoms with Gasteiger partial charge in [0, 0.05) is 5.56 Å². The average Bonchev–Trinajstić information content (AvgIpc) is 3.19. The third kappa shape index (κ3) is 4.01. The Balaban J connectivity index is 1.87. The standard InChI is InChI=1S/C25H23ClN2O3/c1-31-22-15-19-18(14-20(22)26)12-13-21(19)28(25(30)17-10-6-3-7-11-17)23(24(27)29)16-8-4-2-5-9-16/h2-11,14-15,21,23H,12-13H2,1H3,(H2,27,29)/t21-,23?/m1/s1. The molecule has 3 aromatic rings. The fraction of sp³-hybridized carbons (Fsp3) is 0.200. The van der Waals surface area contributed by atoms with Crippen LogP contribution in [-0.4, -0.2) is 23.8 Å². The third-order valence-electron chi connectivity index (χ3n) is 5.71. The van der Waals surface area contributed by atoms with E-state index in [1.54, 1.807) is 36.3 Å². The number of aryl methyl sites for hydroxylation is 1. The highest BCUT2D eigenvalue weighted by atomic mass is 35.5. The van der Waals surface area contributed by atoms with Crippen LogP contribution in [-0.2, 0) is 11.2 Å². The second-order valence-electron chi connectivity index (χ2n) is 7.53. The molecule has 0 spiro atoms. The van der Waals surface area contributed by atoms with E-state index < -0.39 is 11.9 Å². The van der Waals surface area contributed by atoms with Gasteiger partial charge in [-0.25, -0.2) is 0 Å². The highest BCUT2D eigenvalue weighted by Crippen LogP contribution is 2.44. The number of hydrogen-bond donors (Lipinski definition) is 1. The van der Waals surface area contributed by atoms with Crippen LogP contribution in [0.25, 0.3) is 0 Å². The SMILES string of the molecule is COc1cc2c(cc1Cl)CC[C@H]2N(C(=O)c1ccccc1)C(C(N)=O)c1ccccc1. The van der Waals surface area contributed by atoms with Gasteiger partial charge in [-0.3, -0.25) is 9.59 Å². The lowest BCUT2D eigenvalue weighted by atomic mass is 9.98. The third-order valence-corrected chi connectivity index (χ3v) is 6.01. The molecule has 6 heteroatoms. The fourth-order valence-electron chi connectivity index (χ4n) is 4.30. The molecule has 4 rings (SSSR count). The quantitative estimate of drug-likeness (QED) is 0.610. The van der Waals surface area contributed by atoms with Crippen LogP contribution < -0.4 is 10.5 Å². The Hall–Kier alpha value is -3.31. The number of benzene rings is 3. The predicted octanol–water partition coefficient (Wildman–Crippen LogP) is 4.70. The van der Waals surface area contributed by atoms with Crippen molar-refractivity contribution in [3.05, 3.63) is 100 Å². The van der Waals surface area contributed by atoms with E-state index >= 15 is 0 Å². The van der Waals surface area contributed by atoms with Crippen molar-refractivity contribution >= 4 is 23.4 Å². The number of methoxy groups -OCH3 is 1. The monoisotopic (exact) mass is 434 g/mol. The van der Waals surface area contributed by atoms with Gasteiger partial charge in [0.15, 0.2) is 0 Å². The first-order chi connectivity index (χ1) is 15.0. The highest BCUT2D eigenvalue weighted by molar-refractivity contribution is 6.32. The Morgan fingerprint density at radius 3 is 2.32 bits per heavy atom. The molecular formula is C25H23ClN2O3. The lowest BCUT2D eigenvalue weighted by molar-refractivity contribution is -0.123. The Morgan fingerprint density at radius 1 is 1.06 bits per heavy atom. The van der Waals surface area contributed by atoms with Gasteiger partial charge in [0.25, 0.3) is 5.91 Å². The van der Waals surface area contributed by atoms with Crippen LogP contribution in [0.5, 0.6) is 5.75 Å². The van der Waals surface area contributed by atoms with Gasteiger partial charge in [-0.05, 0) is 53.8 Å². The molecule has 0 aliphatic heterocycles. The number of rotatable bonds is 6. The minimum Gasteiger partial charge on any atom is -0.495 e. The number of ether oxygens (including phenoxy) is 1. The van der Waals surface area contributed by atoms with Gasteiger partial charge in [0.2, 0.25) is 5.91 Å². The second kappa shape index (κ2) is 8.82. The van der Waals surface area contributed by atoms with Crippen LogP contribution in [0.3, 0.4) is 0 Å². The summed E-state index contributed by atoms with van der Waals surface area (Å²) in [5.74, 6) is -0.292. The maximum Gasteiger partial charge on any atom is 0.255 e. The summed E-state index contributed by atoms with van der Waals surface area (Å²) in [5, 5.41) is 0.525. The molecule has 5 nitrogen and oxygen atoms in total. The minimum absolute atomic E-state index is 0.250. The molecule has 0 fully saturated rings. The molecule has 2 N–H and O–H groups in total. The minimum atomic E-state index is -0.911. The summed E-state index contributed by atoms with van der Waals surface area (Å²) in [7, 11) is 1.56. The zero-order valence-electron chi connectivity index (χ0n) is 17.1. The molecule has 2 amide bonds. The van der Waals surface area contributed by atoms with Crippen molar-refractivity contribution < 1.29 is 14.3 Å². The summed E-state index contributed by atoms with van der Waals surface area (Å²) >= 11 is 6.32. The molecule has 0 bridgehead atoms. The Bertz CT molecular complexity index is 1100. The van der Waals surface area contributed by atoms with Gasteiger partial charge in [0.05, 0.1) is 18.2 Å². The van der Waals surface area contributed by atoms with E-state index in [0.717, 1.165) is 17.5 Å². The van der Waals surface area contributed by atoms with E-state index in [2.05, 4.69) is 0 Å². The summed E-state index contributed by atoms with van der Waals surface area (Å²) in [6, 6.07) is 20.6. The second-order valence-corrected chi connectivity index (χ2v) is 7.94. The van der Waals surface area contributed by atoms with Crippen molar-refractivity contribution in [3.63, 3.8) is 0 Å². The molecule has 3 aromatic carbocycles. The van der Waals surface area contributed by atoms with Crippen LogP contribution in [0.2, 0.25) is 5.02 Å². The van der Waals surface area contributed by atoms with Gasteiger partial charge < -0.3 is 15.4 Å². The molecule has 2 atom stereocenters. The van der Waals surface area contributed by atoms with Crippen molar-refractivity contribution in [2.75, 3.05) is 7.11 Å². The van der Waals surface area contributed by atoms with Crippen molar-refractivity contribution in [3.8, 4) is 5.75 Å². The van der Waals surface area contributed by atoms with Gasteiger partial charge in [-0.1, -0.05) is 60.1 Å². The zero-order valence-corrected chi connectivity index (χ0v) is 17.9. The molecule has 158 valence electrons. The molecule has 0 saturated heterocycles. The lowest BCUT2D eigenvalue weighted by Crippen LogP contribution is -2.43. The first kappa shape index (κ1) is 20.9. The number of carbonyl (C=O) groups is 2. The summed E-state index contributed by atoms with van der Waals surface area (Å²) in [5.41, 5.74) is 9.01. The van der Waals surface area contributed by atoms with E-state index in [4.69, 9.17) is 22.1 Å². The topological polar surface area (TPSA) is 72.6 Å². The predicted molar refractivity (Wildman–Crippen MR) is 120 cm³/mol. The van der Waals surface area contributed by atoms with Crippen LogP contribution in [0.1, 0.15) is 45.6 Å². The Kier molecular flexibility index (Phi) is 5.96. The summed E-state index contributed by atoms with van der Waals surface area (Å²) < 4.78 is 5.41. The lowest BCUT2D eigenvalue weighted by Gasteiger charge is -2.36. The van der Waals surface area contributed by atoms with Gasteiger partial charge in [-0.15, -0.1) is 0 Å². The molecule has 31 heavy (non-hydrogen) atoms. The Labute approximate surface area is 186 Å². The smallest absolute Gasteiger partial charge is 0.255 e. The maximum absolute atomic E-state index is 13.7. The van der Waals surface area contributed by atoms with Crippen LogP contribution in [0, 0.1) is 0 Å². The number of hydrogen-bond acceptors (Lipinski definition) is 3. The maximum atomic E-state index is 13.7. The number of primary amides is 1. The number of carbonyl (C=O) groups excluding carboxylic acids is 2.